The fourth-order valence-electron chi connectivity index (χ4n) is 3.40. The number of hydrogen-bond donors (Lipinski definition) is 2. The second-order valence-electron chi connectivity index (χ2n) is 6.06. The Labute approximate surface area is 146 Å². The molecule has 0 aliphatic rings. The fraction of sp³-hybridized carbons (Fsp3) is 0.0952. The van der Waals surface area contributed by atoms with E-state index in [1.165, 1.54) is 0 Å². The van der Waals surface area contributed by atoms with Crippen LogP contribution in [-0.2, 0) is 6.54 Å². The monoisotopic (exact) mass is 329 g/mol. The normalized spacial score (nSPS) is 11.1. The van der Waals surface area contributed by atoms with Gasteiger partial charge >= 0.3 is 0 Å². The van der Waals surface area contributed by atoms with E-state index in [2.05, 4.69) is 22.8 Å². The number of amidine groups is 1. The molecule has 0 saturated heterocycles. The molecule has 0 bridgehead atoms. The van der Waals surface area contributed by atoms with Crippen LogP contribution in [0.5, 0.6) is 5.75 Å². The second kappa shape index (κ2) is 5.98. The highest BCUT2D eigenvalue weighted by Gasteiger charge is 2.13. The van der Waals surface area contributed by atoms with Gasteiger partial charge in [-0.15, -0.1) is 0 Å². The van der Waals surface area contributed by atoms with Crippen LogP contribution in [0.1, 0.15) is 11.1 Å². The van der Waals surface area contributed by atoms with Crippen LogP contribution in [0.2, 0.25) is 0 Å². The van der Waals surface area contributed by atoms with Crippen LogP contribution in [0.25, 0.3) is 21.8 Å². The molecule has 0 fully saturated rings. The Morgan fingerprint density at radius 1 is 0.960 bits per heavy atom. The van der Waals surface area contributed by atoms with Gasteiger partial charge in [0.05, 0.1) is 13.7 Å². The third-order valence-electron chi connectivity index (χ3n) is 4.60. The molecule has 0 saturated carbocycles. The molecule has 4 aromatic rings. The van der Waals surface area contributed by atoms with Gasteiger partial charge < -0.3 is 15.0 Å². The maximum absolute atomic E-state index is 7.71. The summed E-state index contributed by atoms with van der Waals surface area (Å²) in [4.78, 5) is 0. The number of benzene rings is 3. The Balaban J connectivity index is 1.97. The van der Waals surface area contributed by atoms with Gasteiger partial charge in [-0.1, -0.05) is 36.4 Å². The van der Waals surface area contributed by atoms with Crippen molar-refractivity contribution >= 4 is 27.6 Å². The molecule has 3 N–H and O–H groups in total. The molecule has 4 heteroatoms. The van der Waals surface area contributed by atoms with Gasteiger partial charge in [0.1, 0.15) is 11.6 Å². The summed E-state index contributed by atoms with van der Waals surface area (Å²) >= 11 is 0. The van der Waals surface area contributed by atoms with E-state index in [1.54, 1.807) is 7.11 Å². The number of nitrogen functional groups attached to an aromatic ring is 1. The Morgan fingerprint density at radius 3 is 2.48 bits per heavy atom. The third kappa shape index (κ3) is 2.52. The summed E-state index contributed by atoms with van der Waals surface area (Å²) < 4.78 is 7.79. The number of aromatic nitrogens is 1. The average molecular weight is 329 g/mol. The Kier molecular flexibility index (Phi) is 3.65. The minimum Gasteiger partial charge on any atom is -0.496 e. The van der Waals surface area contributed by atoms with Crippen LogP contribution < -0.4 is 10.5 Å². The van der Waals surface area contributed by atoms with Crippen molar-refractivity contribution in [2.45, 2.75) is 6.54 Å². The van der Waals surface area contributed by atoms with E-state index < -0.39 is 0 Å². The number of hydrogen-bond acceptors (Lipinski definition) is 2. The zero-order chi connectivity index (χ0) is 17.4. The van der Waals surface area contributed by atoms with E-state index in [-0.39, 0.29) is 5.84 Å². The van der Waals surface area contributed by atoms with Crippen molar-refractivity contribution in [3.8, 4) is 5.75 Å². The molecule has 0 aliphatic carbocycles. The van der Waals surface area contributed by atoms with Gasteiger partial charge in [0, 0.05) is 32.9 Å². The van der Waals surface area contributed by atoms with E-state index in [9.17, 15) is 0 Å². The first-order valence-electron chi connectivity index (χ1n) is 8.16. The average Bonchev–Trinajstić information content (AvgIpc) is 2.96. The number of ether oxygens (including phenoxy) is 1. The van der Waals surface area contributed by atoms with Crippen molar-refractivity contribution in [2.75, 3.05) is 7.11 Å². The summed E-state index contributed by atoms with van der Waals surface area (Å²) in [5, 5.41) is 9.98. The summed E-state index contributed by atoms with van der Waals surface area (Å²) in [6.45, 7) is 0.716. The minimum absolute atomic E-state index is 0.0865. The van der Waals surface area contributed by atoms with Gasteiger partial charge in [0.2, 0.25) is 0 Å². The molecular weight excluding hydrogens is 310 g/mol. The molecule has 0 unspecified atom stereocenters. The van der Waals surface area contributed by atoms with Crippen molar-refractivity contribution < 1.29 is 4.74 Å². The van der Waals surface area contributed by atoms with Gasteiger partial charge in [-0.25, -0.2) is 0 Å². The minimum atomic E-state index is 0.0865. The predicted molar refractivity (Wildman–Crippen MR) is 103 cm³/mol. The summed E-state index contributed by atoms with van der Waals surface area (Å²) in [7, 11) is 1.70. The maximum Gasteiger partial charge on any atom is 0.123 e. The molecular formula is C21H19N3O. The van der Waals surface area contributed by atoms with Crippen molar-refractivity contribution in [1.82, 2.24) is 4.57 Å². The Hall–Kier alpha value is -3.27. The molecule has 3 aromatic carbocycles. The van der Waals surface area contributed by atoms with Crippen LogP contribution in [0.3, 0.4) is 0 Å². The van der Waals surface area contributed by atoms with E-state index in [0.717, 1.165) is 38.7 Å². The van der Waals surface area contributed by atoms with Crippen molar-refractivity contribution in [2.24, 2.45) is 5.73 Å². The molecule has 0 spiro atoms. The summed E-state index contributed by atoms with van der Waals surface area (Å²) in [5.74, 6) is 0.970. The standard InChI is InChI=1S/C21H19N3O/c1-25-20-9-5-2-6-15(20)13-24-18-8-4-3-7-16(18)17-12-14(21(22)23)10-11-19(17)24/h2-12H,13H2,1H3,(H3,22,23). The molecule has 1 aromatic heterocycles. The number of nitrogens with one attached hydrogen (secondary N) is 1. The van der Waals surface area contributed by atoms with Crippen LogP contribution in [0, 0.1) is 5.41 Å². The van der Waals surface area contributed by atoms with Crippen LogP contribution >= 0.6 is 0 Å². The lowest BCUT2D eigenvalue weighted by molar-refractivity contribution is 0.409. The van der Waals surface area contributed by atoms with Crippen LogP contribution in [0.4, 0.5) is 0 Å². The van der Waals surface area contributed by atoms with E-state index >= 15 is 0 Å². The molecule has 4 rings (SSSR count). The van der Waals surface area contributed by atoms with Gasteiger partial charge in [0.15, 0.2) is 0 Å². The molecule has 25 heavy (non-hydrogen) atoms. The maximum atomic E-state index is 7.71. The molecule has 1 heterocycles. The van der Waals surface area contributed by atoms with Gasteiger partial charge in [-0.05, 0) is 30.3 Å². The lowest BCUT2D eigenvalue weighted by Crippen LogP contribution is -2.10. The topological polar surface area (TPSA) is 64.0 Å². The fourth-order valence-corrected chi connectivity index (χ4v) is 3.40. The molecule has 0 radical (unpaired) electrons. The molecule has 0 aliphatic heterocycles. The third-order valence-corrected chi connectivity index (χ3v) is 4.60. The highest BCUT2D eigenvalue weighted by Crippen LogP contribution is 2.31. The summed E-state index contributed by atoms with van der Waals surface area (Å²) in [5.41, 5.74) is 9.83. The first-order valence-corrected chi connectivity index (χ1v) is 8.16. The first kappa shape index (κ1) is 15.3. The zero-order valence-electron chi connectivity index (χ0n) is 14.0. The quantitative estimate of drug-likeness (QED) is 0.437. The second-order valence-corrected chi connectivity index (χ2v) is 6.06. The van der Waals surface area contributed by atoms with Crippen LogP contribution in [0.15, 0.2) is 66.7 Å². The molecule has 0 amide bonds. The van der Waals surface area contributed by atoms with Gasteiger partial charge in [-0.3, -0.25) is 5.41 Å². The zero-order valence-corrected chi connectivity index (χ0v) is 14.0. The van der Waals surface area contributed by atoms with Crippen LogP contribution in [-0.4, -0.2) is 17.5 Å². The Morgan fingerprint density at radius 2 is 1.68 bits per heavy atom. The first-order chi connectivity index (χ1) is 12.2. The molecule has 4 nitrogen and oxygen atoms in total. The van der Waals surface area contributed by atoms with Gasteiger partial charge in [0.25, 0.3) is 0 Å². The summed E-state index contributed by atoms with van der Waals surface area (Å²) in [6, 6.07) is 22.3. The number of para-hydroxylation sites is 2. The highest BCUT2D eigenvalue weighted by atomic mass is 16.5. The predicted octanol–water partition coefficient (Wildman–Crippen LogP) is 4.14. The SMILES string of the molecule is COc1ccccc1Cn1c2ccccc2c2cc(C(=N)N)ccc21. The van der Waals surface area contributed by atoms with E-state index in [1.807, 2.05) is 48.5 Å². The van der Waals surface area contributed by atoms with E-state index in [4.69, 9.17) is 15.9 Å². The number of methoxy groups -OCH3 is 1. The largest absolute Gasteiger partial charge is 0.496 e. The Bertz CT molecular complexity index is 1090. The molecule has 0 atom stereocenters. The van der Waals surface area contributed by atoms with Gasteiger partial charge in [-0.2, -0.15) is 0 Å². The number of rotatable bonds is 4. The highest BCUT2D eigenvalue weighted by molar-refractivity contribution is 6.10. The smallest absolute Gasteiger partial charge is 0.123 e. The number of nitrogens with zero attached hydrogens (tertiary/aromatic N) is 1. The summed E-state index contributed by atoms with van der Waals surface area (Å²) in [6.07, 6.45) is 0. The number of fused-ring (bicyclic) bond motifs is 3. The van der Waals surface area contributed by atoms with E-state index in [0.29, 0.717) is 6.54 Å². The lowest BCUT2D eigenvalue weighted by atomic mass is 10.1. The number of nitrogens with two attached hydrogens (primary N) is 1. The molecule has 124 valence electrons. The lowest BCUT2D eigenvalue weighted by Gasteiger charge is -2.11. The van der Waals surface area contributed by atoms with Crippen molar-refractivity contribution in [3.05, 3.63) is 77.9 Å². The van der Waals surface area contributed by atoms with Crippen molar-refractivity contribution in [3.63, 3.8) is 0 Å². The van der Waals surface area contributed by atoms with Crippen molar-refractivity contribution in [1.29, 1.82) is 5.41 Å².